The molecule has 0 aromatic heterocycles. The molecule has 5 heteroatoms. The van der Waals surface area contributed by atoms with Gasteiger partial charge in [0.2, 0.25) is 0 Å². The van der Waals surface area contributed by atoms with Gasteiger partial charge in [0.05, 0.1) is 12.7 Å². The largest absolute Gasteiger partial charge is 0.480 e. The Hall–Kier alpha value is -0.650. The Kier molecular flexibility index (Phi) is 4.80. The van der Waals surface area contributed by atoms with Crippen LogP contribution in [0.4, 0.5) is 0 Å². The number of aliphatic carboxylic acids is 1. The lowest BCUT2D eigenvalue weighted by Gasteiger charge is -2.23. The molecule has 0 aliphatic carbocycles. The summed E-state index contributed by atoms with van der Waals surface area (Å²) < 4.78 is 0. The fourth-order valence-corrected chi connectivity index (χ4v) is 0.950. The molecule has 12 heavy (non-hydrogen) atoms. The maximum atomic E-state index is 10.5. The average molecular weight is 177 g/mol. The molecule has 0 aromatic carbocycles. The summed E-state index contributed by atoms with van der Waals surface area (Å²) in [5.41, 5.74) is 0. The van der Waals surface area contributed by atoms with Crippen molar-refractivity contribution >= 4 is 5.97 Å². The molecular formula is C7H15NO4. The van der Waals surface area contributed by atoms with Gasteiger partial charge in [0, 0.05) is 6.54 Å². The number of aliphatic hydroxyl groups excluding tert-OH is 2. The van der Waals surface area contributed by atoms with E-state index in [0.717, 1.165) is 0 Å². The average Bonchev–Trinajstić information content (AvgIpc) is 1.85. The highest BCUT2D eigenvalue weighted by Gasteiger charge is 2.21. The Labute approximate surface area is 71.2 Å². The third-order valence-electron chi connectivity index (χ3n) is 1.54. The zero-order chi connectivity index (χ0) is 9.72. The topological polar surface area (TPSA) is 81.0 Å². The summed E-state index contributed by atoms with van der Waals surface area (Å²) in [4.78, 5) is 11.9. The van der Waals surface area contributed by atoms with Crippen molar-refractivity contribution in [1.82, 2.24) is 4.90 Å². The highest BCUT2D eigenvalue weighted by atomic mass is 16.4. The minimum atomic E-state index is -1.08. The van der Waals surface area contributed by atoms with E-state index < -0.39 is 24.7 Å². The van der Waals surface area contributed by atoms with Crippen molar-refractivity contribution in [3.05, 3.63) is 0 Å². The normalized spacial score (nSPS) is 16.1. The minimum Gasteiger partial charge on any atom is -0.480 e. The van der Waals surface area contributed by atoms with Gasteiger partial charge >= 0.3 is 5.97 Å². The second-order valence-electron chi connectivity index (χ2n) is 2.83. The molecule has 0 saturated carbocycles. The summed E-state index contributed by atoms with van der Waals surface area (Å²) in [5, 5.41) is 26.2. The van der Waals surface area contributed by atoms with Crippen molar-refractivity contribution in [3.8, 4) is 0 Å². The van der Waals surface area contributed by atoms with Crippen molar-refractivity contribution in [2.24, 2.45) is 0 Å². The number of carboxylic acids is 1. The molecule has 3 N–H and O–H groups in total. The fourth-order valence-electron chi connectivity index (χ4n) is 0.950. The van der Waals surface area contributed by atoms with Crippen molar-refractivity contribution in [2.45, 2.75) is 19.1 Å². The lowest BCUT2D eigenvalue weighted by molar-refractivity contribution is -0.144. The Bertz CT molecular complexity index is 148. The molecule has 0 aliphatic rings. The Morgan fingerprint density at radius 2 is 2.08 bits per heavy atom. The Morgan fingerprint density at radius 3 is 2.33 bits per heavy atom. The number of carboxylic acid groups (broad SMARTS) is 1. The summed E-state index contributed by atoms with van der Waals surface area (Å²) in [6.45, 7) is 1.35. The van der Waals surface area contributed by atoms with Gasteiger partial charge < -0.3 is 15.3 Å². The maximum Gasteiger partial charge on any atom is 0.323 e. The minimum absolute atomic E-state index is 0.234. The van der Waals surface area contributed by atoms with Gasteiger partial charge in [-0.25, -0.2) is 0 Å². The molecule has 72 valence electrons. The molecule has 0 spiro atoms. The molecule has 0 aromatic rings. The van der Waals surface area contributed by atoms with Gasteiger partial charge in [-0.1, -0.05) is 0 Å². The van der Waals surface area contributed by atoms with Gasteiger partial charge in [0.25, 0.3) is 0 Å². The van der Waals surface area contributed by atoms with Crippen LogP contribution in [0.15, 0.2) is 0 Å². The van der Waals surface area contributed by atoms with Crippen LogP contribution in [0.2, 0.25) is 0 Å². The summed E-state index contributed by atoms with van der Waals surface area (Å²) in [7, 11) is 1.54. The number of hydrogen-bond acceptors (Lipinski definition) is 4. The highest BCUT2D eigenvalue weighted by Crippen LogP contribution is 1.97. The van der Waals surface area contributed by atoms with E-state index in [1.807, 2.05) is 0 Å². The van der Waals surface area contributed by atoms with Crippen LogP contribution in [0.1, 0.15) is 6.92 Å². The number of aliphatic hydroxyl groups is 2. The molecule has 0 fully saturated rings. The summed E-state index contributed by atoms with van der Waals surface area (Å²) in [5.74, 6) is -1.08. The molecule has 0 unspecified atom stereocenters. The monoisotopic (exact) mass is 177 g/mol. The predicted molar refractivity (Wildman–Crippen MR) is 42.8 cm³/mol. The van der Waals surface area contributed by atoms with Crippen LogP contribution in [-0.2, 0) is 4.79 Å². The number of likely N-dealkylation sites (N-methyl/N-ethyl adjacent to an activating group) is 1. The lowest BCUT2D eigenvalue weighted by atomic mass is 10.2. The molecule has 0 aliphatic heterocycles. The van der Waals surface area contributed by atoms with Gasteiger partial charge in [-0.05, 0) is 14.0 Å². The molecule has 0 heterocycles. The number of carbonyl (C=O) groups is 1. The van der Waals surface area contributed by atoms with E-state index in [-0.39, 0.29) is 6.54 Å². The van der Waals surface area contributed by atoms with Crippen LogP contribution in [0.3, 0.4) is 0 Å². The smallest absolute Gasteiger partial charge is 0.323 e. The highest BCUT2D eigenvalue weighted by molar-refractivity contribution is 5.73. The molecule has 2 atom stereocenters. The van der Waals surface area contributed by atoms with Gasteiger partial charge in [-0.3, -0.25) is 9.69 Å². The van der Waals surface area contributed by atoms with Gasteiger partial charge in [0.15, 0.2) is 0 Å². The zero-order valence-electron chi connectivity index (χ0n) is 7.27. The molecule has 5 nitrogen and oxygen atoms in total. The second-order valence-corrected chi connectivity index (χ2v) is 2.83. The first-order chi connectivity index (χ1) is 5.49. The standard InChI is InChI=1S/C7H15NO4/c1-5(10)3-8(2)6(4-9)7(11)12/h5-6,9-10H,3-4H2,1-2H3,(H,11,12)/t5-,6+/m1/s1. The molecule has 0 rings (SSSR count). The van der Waals surface area contributed by atoms with Crippen LogP contribution < -0.4 is 0 Å². The van der Waals surface area contributed by atoms with E-state index in [2.05, 4.69) is 0 Å². The first-order valence-corrected chi connectivity index (χ1v) is 3.71. The van der Waals surface area contributed by atoms with Crippen LogP contribution in [0.25, 0.3) is 0 Å². The number of hydrogen-bond donors (Lipinski definition) is 3. The van der Waals surface area contributed by atoms with Gasteiger partial charge in [-0.15, -0.1) is 0 Å². The predicted octanol–water partition coefficient (Wildman–Crippen LogP) is -1.26. The molecule has 0 radical (unpaired) electrons. The zero-order valence-corrected chi connectivity index (χ0v) is 7.27. The van der Waals surface area contributed by atoms with Crippen LogP contribution in [0, 0.1) is 0 Å². The lowest BCUT2D eigenvalue weighted by Crippen LogP contribution is -2.44. The van der Waals surface area contributed by atoms with E-state index >= 15 is 0 Å². The van der Waals surface area contributed by atoms with E-state index in [9.17, 15) is 4.79 Å². The summed E-state index contributed by atoms with van der Waals surface area (Å²) in [6, 6.07) is -0.931. The Morgan fingerprint density at radius 1 is 1.58 bits per heavy atom. The van der Waals surface area contributed by atoms with Crippen LogP contribution >= 0.6 is 0 Å². The summed E-state index contributed by atoms with van der Waals surface area (Å²) >= 11 is 0. The first-order valence-electron chi connectivity index (χ1n) is 3.71. The van der Waals surface area contributed by atoms with Crippen molar-refractivity contribution in [3.63, 3.8) is 0 Å². The van der Waals surface area contributed by atoms with E-state index in [1.54, 1.807) is 14.0 Å². The second kappa shape index (κ2) is 5.08. The van der Waals surface area contributed by atoms with Crippen molar-refractivity contribution in [2.75, 3.05) is 20.2 Å². The maximum absolute atomic E-state index is 10.5. The first kappa shape index (κ1) is 11.4. The Balaban J connectivity index is 4.02. The number of nitrogens with zero attached hydrogens (tertiary/aromatic N) is 1. The molecule has 0 amide bonds. The van der Waals surface area contributed by atoms with Crippen molar-refractivity contribution < 1.29 is 20.1 Å². The van der Waals surface area contributed by atoms with Gasteiger partial charge in [0.1, 0.15) is 6.04 Å². The van der Waals surface area contributed by atoms with E-state index in [0.29, 0.717) is 0 Å². The van der Waals surface area contributed by atoms with E-state index in [4.69, 9.17) is 15.3 Å². The molecule has 0 bridgehead atoms. The fraction of sp³-hybridized carbons (Fsp3) is 0.857. The quantitative estimate of drug-likeness (QED) is 0.488. The third-order valence-corrected chi connectivity index (χ3v) is 1.54. The van der Waals surface area contributed by atoms with E-state index in [1.165, 1.54) is 4.90 Å². The van der Waals surface area contributed by atoms with Crippen molar-refractivity contribution in [1.29, 1.82) is 0 Å². The summed E-state index contributed by atoms with van der Waals surface area (Å²) in [6.07, 6.45) is -0.594. The van der Waals surface area contributed by atoms with Crippen LogP contribution in [-0.4, -0.2) is 58.5 Å². The SMILES string of the molecule is C[C@@H](O)CN(C)[C@@H](CO)C(=O)O. The molecule has 0 saturated heterocycles. The third kappa shape index (κ3) is 3.66. The molecular weight excluding hydrogens is 162 g/mol. The number of rotatable bonds is 5. The van der Waals surface area contributed by atoms with Crippen LogP contribution in [0.5, 0.6) is 0 Å². The van der Waals surface area contributed by atoms with Gasteiger partial charge in [-0.2, -0.15) is 0 Å².